The molecule has 2 rings (SSSR count). The standard InChI is InChI=1S/C16H19NOS/c1-12-6-8-14(9-7-12)18-10-11-19-15-5-3-4-13(2)16(15)17/h3-9H,10-11,17H2,1-2H3. The molecule has 0 saturated heterocycles. The van der Waals surface area contributed by atoms with Crippen molar-refractivity contribution in [1.82, 2.24) is 0 Å². The van der Waals surface area contributed by atoms with Crippen LogP contribution in [0.25, 0.3) is 0 Å². The molecule has 0 spiro atoms. The van der Waals surface area contributed by atoms with Crippen molar-refractivity contribution in [3.8, 4) is 5.75 Å². The molecule has 0 fully saturated rings. The van der Waals surface area contributed by atoms with Crippen LogP contribution in [-0.2, 0) is 0 Å². The molecular formula is C16H19NOS. The van der Waals surface area contributed by atoms with Crippen molar-refractivity contribution < 1.29 is 4.74 Å². The van der Waals surface area contributed by atoms with E-state index in [1.807, 2.05) is 31.2 Å². The summed E-state index contributed by atoms with van der Waals surface area (Å²) in [5.74, 6) is 1.81. The minimum Gasteiger partial charge on any atom is -0.493 e. The lowest BCUT2D eigenvalue weighted by Crippen LogP contribution is -2.01. The molecule has 0 saturated carbocycles. The number of para-hydroxylation sites is 1. The van der Waals surface area contributed by atoms with E-state index in [1.165, 1.54) is 5.56 Å². The van der Waals surface area contributed by atoms with Gasteiger partial charge in [-0.25, -0.2) is 0 Å². The molecule has 0 heterocycles. The number of anilines is 1. The van der Waals surface area contributed by atoms with E-state index in [1.54, 1.807) is 11.8 Å². The number of hydrogen-bond acceptors (Lipinski definition) is 3. The van der Waals surface area contributed by atoms with Gasteiger partial charge in [0.25, 0.3) is 0 Å². The third-order valence-electron chi connectivity index (χ3n) is 2.91. The van der Waals surface area contributed by atoms with Crippen LogP contribution in [0.2, 0.25) is 0 Å². The fourth-order valence-corrected chi connectivity index (χ4v) is 2.60. The first-order valence-electron chi connectivity index (χ1n) is 6.34. The molecule has 0 aliphatic heterocycles. The molecule has 0 atom stereocenters. The van der Waals surface area contributed by atoms with E-state index in [0.29, 0.717) is 6.61 Å². The Kier molecular flexibility index (Phi) is 4.74. The summed E-state index contributed by atoms with van der Waals surface area (Å²) in [6, 6.07) is 14.2. The van der Waals surface area contributed by atoms with Gasteiger partial charge in [-0.15, -0.1) is 11.8 Å². The fourth-order valence-electron chi connectivity index (χ4n) is 1.73. The number of thioether (sulfide) groups is 1. The van der Waals surface area contributed by atoms with E-state index in [9.17, 15) is 0 Å². The zero-order chi connectivity index (χ0) is 13.7. The Morgan fingerprint density at radius 3 is 2.53 bits per heavy atom. The second-order valence-corrected chi connectivity index (χ2v) is 5.63. The van der Waals surface area contributed by atoms with Crippen molar-refractivity contribution in [2.45, 2.75) is 18.7 Å². The molecule has 2 aromatic rings. The molecule has 0 unspecified atom stereocenters. The van der Waals surface area contributed by atoms with Gasteiger partial charge in [-0.05, 0) is 37.6 Å². The van der Waals surface area contributed by atoms with Gasteiger partial charge in [-0.2, -0.15) is 0 Å². The van der Waals surface area contributed by atoms with Gasteiger partial charge >= 0.3 is 0 Å². The molecule has 3 heteroatoms. The zero-order valence-corrected chi connectivity index (χ0v) is 12.2. The zero-order valence-electron chi connectivity index (χ0n) is 11.3. The average molecular weight is 273 g/mol. The topological polar surface area (TPSA) is 35.2 Å². The summed E-state index contributed by atoms with van der Waals surface area (Å²) in [5.41, 5.74) is 9.28. The van der Waals surface area contributed by atoms with Gasteiger partial charge in [0.1, 0.15) is 5.75 Å². The summed E-state index contributed by atoms with van der Waals surface area (Å²) in [7, 11) is 0. The first-order valence-corrected chi connectivity index (χ1v) is 7.33. The summed E-state index contributed by atoms with van der Waals surface area (Å²) < 4.78 is 5.69. The molecule has 2 N–H and O–H groups in total. The monoisotopic (exact) mass is 273 g/mol. The fraction of sp³-hybridized carbons (Fsp3) is 0.250. The number of rotatable bonds is 5. The van der Waals surface area contributed by atoms with E-state index in [2.05, 4.69) is 25.1 Å². The highest BCUT2D eigenvalue weighted by Gasteiger charge is 2.02. The van der Waals surface area contributed by atoms with Gasteiger partial charge in [0.15, 0.2) is 0 Å². The minimum absolute atomic E-state index is 0.682. The summed E-state index contributed by atoms with van der Waals surface area (Å²) >= 11 is 1.73. The first kappa shape index (κ1) is 13.8. The van der Waals surface area contributed by atoms with Gasteiger partial charge in [-0.3, -0.25) is 0 Å². The summed E-state index contributed by atoms with van der Waals surface area (Å²) in [5, 5.41) is 0. The van der Waals surface area contributed by atoms with Crippen LogP contribution in [0.5, 0.6) is 5.75 Å². The largest absolute Gasteiger partial charge is 0.493 e. The predicted octanol–water partition coefficient (Wildman–Crippen LogP) is 4.06. The van der Waals surface area contributed by atoms with Crippen molar-refractivity contribution in [3.63, 3.8) is 0 Å². The van der Waals surface area contributed by atoms with Gasteiger partial charge in [0.2, 0.25) is 0 Å². The lowest BCUT2D eigenvalue weighted by Gasteiger charge is -2.09. The Morgan fingerprint density at radius 1 is 1.05 bits per heavy atom. The molecule has 0 aliphatic rings. The highest BCUT2D eigenvalue weighted by Crippen LogP contribution is 2.27. The number of ether oxygens (including phenoxy) is 1. The van der Waals surface area contributed by atoms with Crippen LogP contribution in [0.1, 0.15) is 11.1 Å². The number of benzene rings is 2. The molecular weight excluding hydrogens is 254 g/mol. The van der Waals surface area contributed by atoms with Crippen molar-refractivity contribution in [2.24, 2.45) is 0 Å². The Balaban J connectivity index is 1.81. The Labute approximate surface area is 119 Å². The van der Waals surface area contributed by atoms with Gasteiger partial charge in [-0.1, -0.05) is 29.8 Å². The second kappa shape index (κ2) is 6.53. The molecule has 2 nitrogen and oxygen atoms in total. The maximum atomic E-state index is 6.03. The van der Waals surface area contributed by atoms with Crippen LogP contribution in [-0.4, -0.2) is 12.4 Å². The quantitative estimate of drug-likeness (QED) is 0.507. The van der Waals surface area contributed by atoms with Crippen LogP contribution in [0.3, 0.4) is 0 Å². The molecule has 19 heavy (non-hydrogen) atoms. The lowest BCUT2D eigenvalue weighted by molar-refractivity contribution is 0.344. The van der Waals surface area contributed by atoms with E-state index in [0.717, 1.165) is 27.6 Å². The summed E-state index contributed by atoms with van der Waals surface area (Å²) in [6.07, 6.45) is 0. The third-order valence-corrected chi connectivity index (χ3v) is 3.95. The van der Waals surface area contributed by atoms with Crippen molar-refractivity contribution in [3.05, 3.63) is 53.6 Å². The van der Waals surface area contributed by atoms with Crippen LogP contribution in [0.4, 0.5) is 5.69 Å². The molecule has 0 bridgehead atoms. The highest BCUT2D eigenvalue weighted by molar-refractivity contribution is 7.99. The van der Waals surface area contributed by atoms with Crippen LogP contribution in [0, 0.1) is 13.8 Å². The Bertz CT molecular complexity index is 537. The van der Waals surface area contributed by atoms with Crippen molar-refractivity contribution in [1.29, 1.82) is 0 Å². The molecule has 0 aliphatic carbocycles. The average Bonchev–Trinajstić information content (AvgIpc) is 2.41. The summed E-state index contributed by atoms with van der Waals surface area (Å²) in [6.45, 7) is 4.78. The van der Waals surface area contributed by atoms with Gasteiger partial charge < -0.3 is 10.5 Å². The summed E-state index contributed by atoms with van der Waals surface area (Å²) in [4.78, 5) is 1.13. The van der Waals surface area contributed by atoms with Gasteiger partial charge in [0, 0.05) is 16.3 Å². The Hall–Kier alpha value is -1.61. The number of aryl methyl sites for hydroxylation is 2. The lowest BCUT2D eigenvalue weighted by atomic mass is 10.2. The maximum absolute atomic E-state index is 6.03. The molecule has 0 radical (unpaired) electrons. The minimum atomic E-state index is 0.682. The first-order chi connectivity index (χ1) is 9.16. The molecule has 100 valence electrons. The smallest absolute Gasteiger partial charge is 0.119 e. The highest BCUT2D eigenvalue weighted by atomic mass is 32.2. The molecule has 2 aromatic carbocycles. The predicted molar refractivity (Wildman–Crippen MR) is 83.0 cm³/mol. The normalized spacial score (nSPS) is 10.4. The van der Waals surface area contributed by atoms with E-state index in [4.69, 9.17) is 10.5 Å². The maximum Gasteiger partial charge on any atom is 0.119 e. The van der Waals surface area contributed by atoms with Crippen molar-refractivity contribution in [2.75, 3.05) is 18.1 Å². The number of nitrogens with two attached hydrogens (primary N) is 1. The third kappa shape index (κ3) is 3.93. The second-order valence-electron chi connectivity index (χ2n) is 4.50. The van der Waals surface area contributed by atoms with Crippen LogP contribution in [0.15, 0.2) is 47.4 Å². The molecule has 0 aromatic heterocycles. The SMILES string of the molecule is Cc1ccc(OCCSc2cccc(C)c2N)cc1. The van der Waals surface area contributed by atoms with Crippen LogP contribution < -0.4 is 10.5 Å². The number of nitrogen functional groups attached to an aromatic ring is 1. The van der Waals surface area contributed by atoms with Crippen LogP contribution >= 0.6 is 11.8 Å². The van der Waals surface area contributed by atoms with E-state index >= 15 is 0 Å². The van der Waals surface area contributed by atoms with E-state index in [-0.39, 0.29) is 0 Å². The van der Waals surface area contributed by atoms with E-state index < -0.39 is 0 Å². The number of hydrogen-bond donors (Lipinski definition) is 1. The molecule has 0 amide bonds. The van der Waals surface area contributed by atoms with Crippen molar-refractivity contribution >= 4 is 17.4 Å². The Morgan fingerprint density at radius 2 is 1.79 bits per heavy atom. The van der Waals surface area contributed by atoms with Gasteiger partial charge in [0.05, 0.1) is 6.61 Å².